The van der Waals surface area contributed by atoms with Gasteiger partial charge >= 0.3 is 12.0 Å². The second-order valence-corrected chi connectivity index (χ2v) is 17.0. The fraction of sp³-hybridized carbons (Fsp3) is 1.00. The van der Waals surface area contributed by atoms with Gasteiger partial charge in [0, 0.05) is 0 Å². The van der Waals surface area contributed by atoms with Gasteiger partial charge in [0.05, 0.1) is 7.59 Å². The lowest BCUT2D eigenvalue weighted by Crippen LogP contribution is -2.63. The van der Waals surface area contributed by atoms with Gasteiger partial charge in [0.1, 0.15) is 6.10 Å². The van der Waals surface area contributed by atoms with Crippen LogP contribution in [0.5, 0.6) is 0 Å². The van der Waals surface area contributed by atoms with Gasteiger partial charge in [-0.25, -0.2) is 0 Å². The molecule has 1 aliphatic rings. The lowest BCUT2D eigenvalue weighted by atomic mass is 10.3. The zero-order valence-electron chi connectivity index (χ0n) is 8.74. The number of hydrogen-bond donors (Lipinski definition) is 0. The third-order valence-corrected chi connectivity index (χ3v) is 13.4. The fourth-order valence-electron chi connectivity index (χ4n) is 1.81. The quantitative estimate of drug-likeness (QED) is 0.490. The third kappa shape index (κ3) is 3.01. The van der Waals surface area contributed by atoms with Gasteiger partial charge in [0.15, 0.2) is 0 Å². The van der Waals surface area contributed by atoms with Crippen LogP contribution in [-0.4, -0.2) is 34.2 Å². The monoisotopic (exact) mass is 282 g/mol. The molecule has 0 saturated carbocycles. The van der Waals surface area contributed by atoms with Crippen LogP contribution >= 0.6 is 0 Å². The van der Waals surface area contributed by atoms with Gasteiger partial charge in [-0.3, -0.25) is 0 Å². The molecule has 1 nitrogen and oxygen atoms in total. The van der Waals surface area contributed by atoms with Crippen molar-refractivity contribution in [2.75, 3.05) is 0 Å². The summed E-state index contributed by atoms with van der Waals surface area (Å²) in [5.74, 6) is -4.57. The Kier molecular flexibility index (Phi) is 3.53. The smallest absolute Gasteiger partial charge is 0.401 e. The van der Waals surface area contributed by atoms with Crippen molar-refractivity contribution in [2.45, 2.75) is 43.6 Å². The summed E-state index contributed by atoms with van der Waals surface area (Å²) in [5.41, 5.74) is 0. The highest BCUT2D eigenvalue weighted by Crippen LogP contribution is 2.39. The fourth-order valence-corrected chi connectivity index (χ4v) is 10.7. The van der Waals surface area contributed by atoms with Crippen molar-refractivity contribution in [2.24, 2.45) is 0 Å². The van der Waals surface area contributed by atoms with Crippen LogP contribution in [0.25, 0.3) is 0 Å². The van der Waals surface area contributed by atoms with Gasteiger partial charge in [0.25, 0.3) is 8.56 Å². The third-order valence-electron chi connectivity index (χ3n) is 2.72. The Morgan fingerprint density at radius 1 is 1.12 bits per heavy atom. The van der Waals surface area contributed by atoms with Crippen LogP contribution < -0.4 is 0 Å². The van der Waals surface area contributed by atoms with Crippen LogP contribution in [0.2, 0.25) is 19.1 Å². The van der Waals surface area contributed by atoms with Crippen LogP contribution in [-0.2, 0) is 4.43 Å². The maximum Gasteiger partial charge on any atom is 0.413 e. The van der Waals surface area contributed by atoms with E-state index in [1.165, 1.54) is 13.1 Å². The predicted molar refractivity (Wildman–Crippen MR) is 51.0 cm³/mol. The van der Waals surface area contributed by atoms with Crippen molar-refractivity contribution in [3.63, 3.8) is 0 Å². The van der Waals surface area contributed by atoms with E-state index in [1.807, 2.05) is 0 Å². The van der Waals surface area contributed by atoms with Gasteiger partial charge in [-0.05, 0) is 6.42 Å². The Hall–Kier alpha value is -0.0262. The van der Waals surface area contributed by atoms with E-state index in [2.05, 4.69) is 4.43 Å². The first kappa shape index (κ1) is 14.0. The zero-order chi connectivity index (χ0) is 12.8. The Bertz CT molecular complexity index is 261. The van der Waals surface area contributed by atoms with E-state index in [4.69, 9.17) is 0 Å². The summed E-state index contributed by atoms with van der Waals surface area (Å²) in [6.45, 7) is 2.92. The summed E-state index contributed by atoms with van der Waals surface area (Å²) in [7, 11) is -6.45. The average Bonchev–Trinajstić information content (AvgIpc) is 1.98. The van der Waals surface area contributed by atoms with Crippen LogP contribution in [0.3, 0.4) is 0 Å². The van der Waals surface area contributed by atoms with E-state index >= 15 is 0 Å². The van der Waals surface area contributed by atoms with Crippen molar-refractivity contribution in [1.82, 2.24) is 0 Å². The number of rotatable bonds is 0. The zero-order valence-corrected chi connectivity index (χ0v) is 10.9. The van der Waals surface area contributed by atoms with E-state index in [0.29, 0.717) is 0 Å². The van der Waals surface area contributed by atoms with Crippen molar-refractivity contribution < 1.29 is 30.8 Å². The van der Waals surface area contributed by atoms with E-state index < -0.39 is 34.2 Å². The Morgan fingerprint density at radius 2 is 1.62 bits per heavy atom. The molecule has 0 radical (unpaired) electrons. The average molecular weight is 282 g/mol. The summed E-state index contributed by atoms with van der Waals surface area (Å²) < 4.78 is 79.1. The Labute approximate surface area is 91.3 Å². The molecule has 1 heterocycles. The lowest BCUT2D eigenvalue weighted by Gasteiger charge is -2.40. The van der Waals surface area contributed by atoms with Crippen molar-refractivity contribution in [3.8, 4) is 0 Å². The normalized spacial score (nSPS) is 31.5. The highest BCUT2D eigenvalue weighted by Gasteiger charge is 2.59. The van der Waals surface area contributed by atoms with Gasteiger partial charge in [-0.2, -0.15) is 26.3 Å². The van der Waals surface area contributed by atoms with E-state index in [9.17, 15) is 26.3 Å². The first-order valence-electron chi connectivity index (χ1n) is 4.73. The molecule has 1 rings (SSSR count). The highest BCUT2D eigenvalue weighted by molar-refractivity contribution is 7.30. The number of alkyl halides is 6. The molecule has 96 valence electrons. The van der Waals surface area contributed by atoms with Gasteiger partial charge in [-0.1, -0.05) is 19.1 Å². The topological polar surface area (TPSA) is 9.23 Å². The van der Waals surface area contributed by atoms with E-state index in [1.54, 1.807) is 0 Å². The molecule has 1 fully saturated rings. The molecule has 9 heteroatoms. The molecule has 0 spiro atoms. The summed E-state index contributed by atoms with van der Waals surface area (Å²) in [4.78, 5) is 0. The Morgan fingerprint density at radius 3 is 2.00 bits per heavy atom. The molecule has 1 saturated heterocycles. The molecular formula is C7H12F6OSi2. The van der Waals surface area contributed by atoms with Crippen molar-refractivity contribution >= 4 is 16.1 Å². The summed E-state index contributed by atoms with van der Waals surface area (Å²) in [5, 5.41) is 0. The Balaban J connectivity index is 2.87. The molecule has 0 bridgehead atoms. The van der Waals surface area contributed by atoms with Crippen LogP contribution in [0.15, 0.2) is 0 Å². The van der Waals surface area contributed by atoms with E-state index in [-0.39, 0.29) is 12.5 Å². The summed E-state index contributed by atoms with van der Waals surface area (Å²) in [6, 6.07) is 0.0353. The maximum absolute atomic E-state index is 12.6. The van der Waals surface area contributed by atoms with Crippen molar-refractivity contribution in [1.29, 1.82) is 0 Å². The molecule has 0 aromatic heterocycles. The largest absolute Gasteiger partial charge is 0.413 e. The first-order valence-corrected chi connectivity index (χ1v) is 10.8. The van der Waals surface area contributed by atoms with Crippen LogP contribution in [0.1, 0.15) is 6.42 Å². The van der Waals surface area contributed by atoms with Crippen LogP contribution in [0, 0.1) is 0 Å². The van der Waals surface area contributed by atoms with Crippen molar-refractivity contribution in [3.05, 3.63) is 0 Å². The summed E-state index contributed by atoms with van der Waals surface area (Å²) in [6.07, 6.45) is -7.23. The summed E-state index contributed by atoms with van der Waals surface area (Å²) >= 11 is 0. The van der Waals surface area contributed by atoms with Crippen LogP contribution in [0.4, 0.5) is 26.3 Å². The number of halogens is 6. The minimum absolute atomic E-state index is 0.0353. The second kappa shape index (κ2) is 4.02. The maximum atomic E-state index is 12.6. The minimum Gasteiger partial charge on any atom is -0.401 e. The molecule has 16 heavy (non-hydrogen) atoms. The van der Waals surface area contributed by atoms with Gasteiger partial charge in [-0.15, -0.1) is 0 Å². The molecule has 0 aromatic rings. The first-order chi connectivity index (χ1) is 6.94. The molecule has 0 aliphatic carbocycles. The van der Waals surface area contributed by atoms with Gasteiger partial charge in [0.2, 0.25) is 0 Å². The lowest BCUT2D eigenvalue weighted by molar-refractivity contribution is -0.202. The number of hydrogen-bond acceptors (Lipinski definition) is 1. The molecule has 2 unspecified atom stereocenters. The highest BCUT2D eigenvalue weighted by atomic mass is 29.2. The predicted octanol–water partition coefficient (Wildman–Crippen LogP) is 2.95. The SMILES string of the molecule is C[Si]1(C)CCC(C(F)(F)F)O[SiH]1C(F)(F)F. The molecule has 0 aromatic carbocycles. The molecule has 0 N–H and O–H groups in total. The molecule has 1 aliphatic heterocycles. The standard InChI is InChI=1S/C7H12F6OSi2/c1-16(2)4-3-5(6(8,9)10)14-15(16)7(11,12)13/h5,15H,3-4H2,1-2H3. The molecule has 2 atom stereocenters. The second-order valence-electron chi connectivity index (χ2n) is 4.62. The molecule has 0 amide bonds. The minimum atomic E-state index is -4.68. The van der Waals surface area contributed by atoms with E-state index in [0.717, 1.165) is 0 Å². The molecular weight excluding hydrogens is 270 g/mol. The van der Waals surface area contributed by atoms with Gasteiger partial charge < -0.3 is 4.43 Å².